The number of aromatic nitrogens is 5. The number of nitrogens with two attached hydrogens (primary N) is 1. The summed E-state index contributed by atoms with van der Waals surface area (Å²) in [6.45, 7) is 0.0382. The van der Waals surface area contributed by atoms with E-state index in [0.717, 1.165) is 51.4 Å². The molecule has 24 nitrogen and oxygen atoms in total. The number of alkyl halides is 2. The zero-order valence-electron chi connectivity index (χ0n) is 77.1. The summed E-state index contributed by atoms with van der Waals surface area (Å²) in [5.74, 6) is 1.29. The van der Waals surface area contributed by atoms with Crippen molar-refractivity contribution in [1.82, 2.24) is 24.9 Å². The van der Waals surface area contributed by atoms with E-state index in [2.05, 4.69) is 46.8 Å². The van der Waals surface area contributed by atoms with E-state index in [4.69, 9.17) is 127 Å². The molecule has 5 aromatic heterocycles. The summed E-state index contributed by atoms with van der Waals surface area (Å²) in [6, 6.07) is 48.3. The highest BCUT2D eigenvalue weighted by Crippen LogP contribution is 2.53. The molecule has 4 unspecified atom stereocenters. The lowest BCUT2D eigenvalue weighted by molar-refractivity contribution is -0.00122. The van der Waals surface area contributed by atoms with Crippen molar-refractivity contribution in [3.63, 3.8) is 0 Å². The molecule has 4 saturated carbocycles. The standard InChI is InChI=1S/2C28H29ClFNO6.C17H16BrClFNO2.C17H18ClFN2O2.C14H10BrClFNO2/c2*1-35-24-9-10-26(31-27(24)18-3-7-21(30)20(29)15-18)28(34,19-5-6-19)12-11-22(33)17-4-8-23(37-14-13-32)25(16-17)36-2;1-23-14-6-7-15(17(22,9-18)11-3-4-11)21-16(14)10-2-5-13(20)12(19)8-10;1-23-14-6-7-15(17(22,9-20)11-3-4-11)21-16(14)10-2-5-13(19)12(18)8-10;1-20-13-5-4-11(12(19)7-15)18-14(13)8-2-3-10(17)9(16)6-8/h2*3-4,7-10,15-16,19,32,34H,5-6,11-14H2,1-2H3;2,5-8,11,22H,3-4,9H2,1H3;2,5-8,11,22H,3-4,9,20H2,1H3;2-6H,7H2,1H3. The summed E-state index contributed by atoms with van der Waals surface area (Å²) < 4.78 is 116. The van der Waals surface area contributed by atoms with Crippen molar-refractivity contribution in [2.45, 2.75) is 99.5 Å². The molecule has 4 atom stereocenters. The minimum Gasteiger partial charge on any atom is -0.494 e. The SMILES string of the molecule is COc1cc(C(=O)CCC(O)(c2ccc(OC)c(-c3ccc(F)c(Cl)c3)n2)C2CC2)ccc1OCCO.COc1cc(C(=O)CCC(O)(c2ccc(OC)c(-c3ccc(F)c(Cl)c3)n2)C2CC2)ccc1OCCO.COc1ccc(C(=O)CBr)nc1-c1ccc(F)c(Cl)c1.COc1ccc(C(O)(CBr)C2CC2)nc1-c1ccc(F)c(Cl)c1.COc1ccc(C(O)(CN)C2CC2)nc1-c1ccc(F)c(Cl)c1. The van der Waals surface area contributed by atoms with Crippen LogP contribution in [0, 0.1) is 52.8 Å². The molecule has 16 rings (SSSR count). The van der Waals surface area contributed by atoms with Crippen LogP contribution in [0.15, 0.2) is 188 Å². The fraction of sp³-hybridized carbons (Fsp3) is 0.327. The van der Waals surface area contributed by atoms with Crippen LogP contribution in [0.3, 0.4) is 0 Å². The Balaban J connectivity index is 0.000000160. The molecule has 36 heteroatoms. The number of aliphatic hydroxyl groups excluding tert-OH is 2. The Labute approximate surface area is 847 Å². The van der Waals surface area contributed by atoms with Crippen LogP contribution >= 0.6 is 89.9 Å². The van der Waals surface area contributed by atoms with E-state index in [9.17, 15) is 56.8 Å². The van der Waals surface area contributed by atoms with Crippen LogP contribution in [0.1, 0.15) is 131 Å². The molecule has 0 amide bonds. The number of hydrogen-bond donors (Lipinski definition) is 7. The third-order valence-electron chi connectivity index (χ3n) is 24.2. The van der Waals surface area contributed by atoms with Gasteiger partial charge in [-0.15, -0.1) is 0 Å². The van der Waals surface area contributed by atoms with Crippen molar-refractivity contribution in [3.05, 3.63) is 282 Å². The van der Waals surface area contributed by atoms with Gasteiger partial charge in [-0.1, -0.05) is 89.9 Å². The second-order valence-corrected chi connectivity index (χ2v) is 36.4. The lowest BCUT2D eigenvalue weighted by Crippen LogP contribution is -2.38. The number of benzene rings is 7. The van der Waals surface area contributed by atoms with E-state index in [1.807, 2.05) is 0 Å². The highest BCUT2D eigenvalue weighted by atomic mass is 79.9. The van der Waals surface area contributed by atoms with Gasteiger partial charge in [-0.3, -0.25) is 14.4 Å². The summed E-state index contributed by atoms with van der Waals surface area (Å²) in [5.41, 5.74) is 9.33. The molecule has 8 N–H and O–H groups in total. The Morgan fingerprint density at radius 1 is 0.343 bits per heavy atom. The highest BCUT2D eigenvalue weighted by Gasteiger charge is 2.50. The number of pyridine rings is 5. The van der Waals surface area contributed by atoms with Crippen LogP contribution in [0.25, 0.3) is 56.3 Å². The fourth-order valence-electron chi connectivity index (χ4n) is 15.8. The Kier molecular flexibility index (Phi) is 37.7. The van der Waals surface area contributed by atoms with Gasteiger partial charge >= 0.3 is 0 Å². The smallest absolute Gasteiger partial charge is 0.191 e. The zero-order chi connectivity index (χ0) is 101. The van der Waals surface area contributed by atoms with Crippen LogP contribution in [-0.4, -0.2) is 166 Å². The average Bonchev–Trinajstić information content (AvgIpc) is 0.833. The van der Waals surface area contributed by atoms with Crippen LogP contribution < -0.4 is 48.4 Å². The summed E-state index contributed by atoms with van der Waals surface area (Å²) in [6.07, 6.45) is 7.61. The number of rotatable bonds is 38. The number of hydrogen-bond acceptors (Lipinski definition) is 24. The van der Waals surface area contributed by atoms with Gasteiger partial charge in [-0.25, -0.2) is 46.9 Å². The number of ether oxygens (including phenoxy) is 9. The van der Waals surface area contributed by atoms with E-state index in [1.54, 1.807) is 128 Å². The molecule has 0 spiro atoms. The number of Topliss-reactive ketones (excluding diaryl/α,β-unsaturated/α-hetero) is 3. The summed E-state index contributed by atoms with van der Waals surface area (Å²) in [5, 5.41) is 63.8. The largest absolute Gasteiger partial charge is 0.494 e. The van der Waals surface area contributed by atoms with Crippen molar-refractivity contribution in [2.75, 3.05) is 93.4 Å². The topological polar surface area (TPSA) is 346 Å². The molecule has 7 aromatic carbocycles. The first-order chi connectivity index (χ1) is 67.1. The predicted molar refractivity (Wildman–Crippen MR) is 532 cm³/mol. The number of carbonyl (C=O) groups is 3. The number of ketones is 3. The number of nitrogens with zero attached hydrogens (tertiary/aromatic N) is 5. The first-order valence-corrected chi connectivity index (χ1v) is 48.5. The second-order valence-electron chi connectivity index (χ2n) is 33.3. The number of aliphatic hydroxyl groups is 6. The Morgan fingerprint density at radius 3 is 0.857 bits per heavy atom. The summed E-state index contributed by atoms with van der Waals surface area (Å²) in [4.78, 5) is 60.7. The molecule has 4 aliphatic rings. The quantitative estimate of drug-likeness (QED) is 0.0107. The third-order valence-corrected chi connectivity index (χ3v) is 27.0. The lowest BCUT2D eigenvalue weighted by atomic mass is 9.86. The minimum atomic E-state index is -1.32. The maximum absolute atomic E-state index is 13.7. The van der Waals surface area contributed by atoms with Gasteiger partial charge in [0.05, 0.1) is 116 Å². The molecule has 140 heavy (non-hydrogen) atoms. The molecule has 740 valence electrons. The van der Waals surface area contributed by atoms with E-state index < -0.39 is 51.5 Å². The number of halogens is 12. The maximum atomic E-state index is 13.7. The van der Waals surface area contributed by atoms with E-state index in [0.29, 0.717) is 153 Å². The van der Waals surface area contributed by atoms with Crippen LogP contribution in [0.4, 0.5) is 22.0 Å². The molecule has 0 bridgehead atoms. The Morgan fingerprint density at radius 2 is 0.600 bits per heavy atom. The van der Waals surface area contributed by atoms with Crippen LogP contribution in [0.2, 0.25) is 25.1 Å². The van der Waals surface area contributed by atoms with Gasteiger partial charge in [0.1, 0.15) is 128 Å². The normalized spacial score (nSPS) is 14.8. The minimum absolute atomic E-state index is 0.00744. The zero-order valence-corrected chi connectivity index (χ0v) is 84.0. The van der Waals surface area contributed by atoms with E-state index >= 15 is 0 Å². The molecule has 0 radical (unpaired) electrons. The van der Waals surface area contributed by atoms with E-state index in [1.165, 1.54) is 109 Å². The molecular formula is C104H102Br2Cl5F5N6O18. The monoisotopic (exact) mass is 2150 g/mol. The van der Waals surface area contributed by atoms with Gasteiger partial charge in [0, 0.05) is 63.7 Å². The van der Waals surface area contributed by atoms with Crippen molar-refractivity contribution in [1.29, 1.82) is 0 Å². The van der Waals surface area contributed by atoms with Crippen LogP contribution in [0.5, 0.6) is 51.7 Å². The summed E-state index contributed by atoms with van der Waals surface area (Å²) >= 11 is 36.0. The molecule has 4 aliphatic carbocycles. The van der Waals surface area contributed by atoms with Crippen molar-refractivity contribution in [2.24, 2.45) is 29.4 Å². The highest BCUT2D eigenvalue weighted by molar-refractivity contribution is 9.09. The van der Waals surface area contributed by atoms with Gasteiger partial charge in [0.25, 0.3) is 0 Å². The van der Waals surface area contributed by atoms with Gasteiger partial charge in [-0.2, -0.15) is 0 Å². The third kappa shape index (κ3) is 26.0. The molecule has 0 aliphatic heterocycles. The van der Waals surface area contributed by atoms with Crippen molar-refractivity contribution >= 4 is 107 Å². The lowest BCUT2D eigenvalue weighted by Gasteiger charge is -2.28. The van der Waals surface area contributed by atoms with Crippen LogP contribution in [-0.2, 0) is 22.4 Å². The average molecular weight is 2160 g/mol. The van der Waals surface area contributed by atoms with Gasteiger partial charge in [0.15, 0.2) is 40.3 Å². The number of carbonyl (C=O) groups excluding carboxylic acids is 3. The maximum Gasteiger partial charge on any atom is 0.191 e. The molecule has 4 fully saturated rings. The van der Waals surface area contributed by atoms with Crippen molar-refractivity contribution < 1.29 is 110 Å². The Hall–Kier alpha value is -10.7. The van der Waals surface area contributed by atoms with E-state index in [-0.39, 0.29) is 130 Å². The molecule has 0 saturated heterocycles. The molecule has 12 aromatic rings. The molecular weight excluding hydrogens is 2050 g/mol. The first kappa shape index (κ1) is 108. The van der Waals surface area contributed by atoms with Crippen molar-refractivity contribution in [3.8, 4) is 108 Å². The second kappa shape index (κ2) is 48.8. The summed E-state index contributed by atoms with van der Waals surface area (Å²) in [7, 11) is 10.5. The first-order valence-electron chi connectivity index (χ1n) is 44.3. The molecule has 5 heterocycles. The predicted octanol–water partition coefficient (Wildman–Crippen LogP) is 22.2. The van der Waals surface area contributed by atoms with Gasteiger partial charge < -0.3 is 79.0 Å². The van der Waals surface area contributed by atoms with Gasteiger partial charge in [0.2, 0.25) is 0 Å². The number of methoxy groups -OCH3 is 7. The van der Waals surface area contributed by atoms with Gasteiger partial charge in [-0.05, 0) is 276 Å². The fourth-order valence-corrected chi connectivity index (χ4v) is 17.8. The Bertz CT molecular complexity index is 6110.